The van der Waals surface area contributed by atoms with Crippen molar-refractivity contribution in [2.45, 2.75) is 11.8 Å². The molecule has 0 aliphatic carbocycles. The Morgan fingerprint density at radius 1 is 1.47 bits per heavy atom. The number of hydrogen-bond donors (Lipinski definition) is 2. The lowest BCUT2D eigenvalue weighted by Crippen LogP contribution is -2.44. The Morgan fingerprint density at radius 2 is 2.07 bits per heavy atom. The highest BCUT2D eigenvalue weighted by Gasteiger charge is 2.38. The van der Waals surface area contributed by atoms with Crippen LogP contribution < -0.4 is 4.72 Å². The molecule has 88 valence electrons. The zero-order valence-corrected chi connectivity index (χ0v) is 8.21. The molecule has 2 atom stereocenters. The maximum absolute atomic E-state index is 12.0. The summed E-state index contributed by atoms with van der Waals surface area (Å²) in [7, 11) is -4.77. The minimum Gasteiger partial charge on any atom is -0.481 e. The highest BCUT2D eigenvalue weighted by molar-refractivity contribution is 7.89. The lowest BCUT2D eigenvalue weighted by molar-refractivity contribution is -0.142. The van der Waals surface area contributed by atoms with Crippen molar-refractivity contribution >= 4 is 16.0 Å². The van der Waals surface area contributed by atoms with Crippen molar-refractivity contribution in [3.63, 3.8) is 0 Å². The summed E-state index contributed by atoms with van der Waals surface area (Å²) >= 11 is 0. The largest absolute Gasteiger partial charge is 0.481 e. The first kappa shape index (κ1) is 12.3. The van der Waals surface area contributed by atoms with Gasteiger partial charge in [0.2, 0.25) is 0 Å². The Bertz CT molecular complexity index is 343. The Kier molecular flexibility index (Phi) is 3.58. The van der Waals surface area contributed by atoms with Crippen LogP contribution in [0.4, 0.5) is 8.78 Å². The molecule has 1 aliphatic rings. The van der Waals surface area contributed by atoms with E-state index in [2.05, 4.69) is 0 Å². The summed E-state index contributed by atoms with van der Waals surface area (Å²) in [5, 5.41) is 8.62. The van der Waals surface area contributed by atoms with Gasteiger partial charge in [-0.15, -0.1) is 0 Å². The zero-order chi connectivity index (χ0) is 11.6. The number of hydrogen-bond acceptors (Lipinski definition) is 4. The molecular weight excluding hydrogens is 236 g/mol. The van der Waals surface area contributed by atoms with E-state index in [0.29, 0.717) is 0 Å². The normalized spacial score (nSPS) is 27.1. The number of carbonyl (C=O) groups is 1. The average Bonchev–Trinajstić information content (AvgIpc) is 2.51. The molecule has 0 bridgehead atoms. The average molecular weight is 245 g/mol. The van der Waals surface area contributed by atoms with Gasteiger partial charge in [0, 0.05) is 0 Å². The number of aliphatic carboxylic acids is 1. The fraction of sp³-hybridized carbons (Fsp3) is 0.833. The Hall–Kier alpha value is -0.800. The van der Waals surface area contributed by atoms with Crippen molar-refractivity contribution in [1.82, 2.24) is 4.72 Å². The van der Waals surface area contributed by atoms with Crippen LogP contribution in [0.25, 0.3) is 0 Å². The standard InChI is InChI=1S/C6H9F2NO5S/c7-6(8)15(12,13)9-4-2-14-1-3(4)5(10)11/h3-4,6,9H,1-2H2,(H,10,11). The predicted octanol–water partition coefficient (Wildman–Crippen LogP) is -0.772. The van der Waals surface area contributed by atoms with Gasteiger partial charge in [-0.25, -0.2) is 13.1 Å². The highest BCUT2D eigenvalue weighted by atomic mass is 32.2. The van der Waals surface area contributed by atoms with E-state index in [4.69, 9.17) is 9.84 Å². The van der Waals surface area contributed by atoms with Gasteiger partial charge in [0.15, 0.2) is 0 Å². The van der Waals surface area contributed by atoms with Crippen molar-refractivity contribution in [3.8, 4) is 0 Å². The molecule has 2 N–H and O–H groups in total. The third kappa shape index (κ3) is 2.83. The minimum absolute atomic E-state index is 0.189. The molecule has 1 aliphatic heterocycles. The molecule has 0 aromatic heterocycles. The quantitative estimate of drug-likeness (QED) is 0.678. The second kappa shape index (κ2) is 4.37. The molecule has 1 saturated heterocycles. The fourth-order valence-electron chi connectivity index (χ4n) is 1.18. The molecule has 0 saturated carbocycles. The summed E-state index contributed by atoms with van der Waals surface area (Å²) in [5.41, 5.74) is 0. The maximum Gasteiger partial charge on any atom is 0.350 e. The molecule has 1 heterocycles. The molecular formula is C6H9F2NO5S. The SMILES string of the molecule is O=C(O)C1COCC1NS(=O)(=O)C(F)F. The Balaban J connectivity index is 2.70. The van der Waals surface area contributed by atoms with E-state index < -0.39 is 33.7 Å². The molecule has 6 nitrogen and oxygen atoms in total. The van der Waals surface area contributed by atoms with Gasteiger partial charge in [-0.3, -0.25) is 4.79 Å². The number of halogens is 2. The lowest BCUT2D eigenvalue weighted by Gasteiger charge is -2.14. The Labute approximate surface area is 84.3 Å². The molecule has 1 fully saturated rings. The first-order valence-corrected chi connectivity index (χ1v) is 5.49. The first-order valence-electron chi connectivity index (χ1n) is 3.94. The molecule has 9 heteroatoms. The topological polar surface area (TPSA) is 92.7 Å². The minimum atomic E-state index is -4.77. The van der Waals surface area contributed by atoms with Crippen molar-refractivity contribution < 1.29 is 31.8 Å². The summed E-state index contributed by atoms with van der Waals surface area (Å²) in [6.45, 7) is -0.408. The van der Waals surface area contributed by atoms with E-state index in [1.165, 1.54) is 0 Å². The van der Waals surface area contributed by atoms with E-state index >= 15 is 0 Å². The van der Waals surface area contributed by atoms with Crippen LogP contribution in [0.15, 0.2) is 0 Å². The first-order chi connectivity index (χ1) is 6.84. The van der Waals surface area contributed by atoms with Gasteiger partial charge in [0.05, 0.1) is 25.2 Å². The van der Waals surface area contributed by atoms with Gasteiger partial charge in [-0.2, -0.15) is 8.78 Å². The van der Waals surface area contributed by atoms with Gasteiger partial charge in [0.25, 0.3) is 10.0 Å². The van der Waals surface area contributed by atoms with E-state index in [0.717, 1.165) is 0 Å². The fourth-order valence-corrected chi connectivity index (χ4v) is 1.93. The second-order valence-electron chi connectivity index (χ2n) is 3.01. The molecule has 0 radical (unpaired) electrons. The third-order valence-corrected chi connectivity index (χ3v) is 3.05. The number of ether oxygens (including phenoxy) is 1. The smallest absolute Gasteiger partial charge is 0.350 e. The number of nitrogens with one attached hydrogen (secondary N) is 1. The maximum atomic E-state index is 12.0. The van der Waals surface area contributed by atoms with Gasteiger partial charge in [-0.05, 0) is 0 Å². The molecule has 1 rings (SSSR count). The molecule has 0 amide bonds. The lowest BCUT2D eigenvalue weighted by atomic mass is 10.1. The van der Waals surface area contributed by atoms with Gasteiger partial charge < -0.3 is 9.84 Å². The summed E-state index contributed by atoms with van der Waals surface area (Å²) in [6, 6.07) is -1.14. The van der Waals surface area contributed by atoms with Crippen LogP contribution in [0, 0.1) is 5.92 Å². The van der Waals surface area contributed by atoms with Crippen LogP contribution in [0.1, 0.15) is 0 Å². The van der Waals surface area contributed by atoms with Crippen LogP contribution in [-0.4, -0.2) is 44.5 Å². The van der Waals surface area contributed by atoms with Gasteiger partial charge >= 0.3 is 11.7 Å². The molecule has 0 aromatic carbocycles. The predicted molar refractivity (Wildman–Crippen MR) is 43.8 cm³/mol. The zero-order valence-electron chi connectivity index (χ0n) is 7.39. The van der Waals surface area contributed by atoms with Crippen molar-refractivity contribution in [2.75, 3.05) is 13.2 Å². The van der Waals surface area contributed by atoms with E-state index in [1.807, 2.05) is 0 Å². The number of rotatable bonds is 4. The van der Waals surface area contributed by atoms with Crippen LogP contribution in [0.5, 0.6) is 0 Å². The van der Waals surface area contributed by atoms with E-state index in [9.17, 15) is 22.0 Å². The number of carboxylic acid groups (broad SMARTS) is 1. The summed E-state index contributed by atoms with van der Waals surface area (Å²) < 4.78 is 51.7. The van der Waals surface area contributed by atoms with E-state index in [-0.39, 0.29) is 13.2 Å². The molecule has 0 aromatic rings. The third-order valence-electron chi connectivity index (χ3n) is 1.95. The molecule has 15 heavy (non-hydrogen) atoms. The van der Waals surface area contributed by atoms with Crippen LogP contribution in [0.2, 0.25) is 0 Å². The summed E-state index contributed by atoms with van der Waals surface area (Å²) in [6.07, 6.45) is 0. The number of carboxylic acids is 1. The monoisotopic (exact) mass is 245 g/mol. The van der Waals surface area contributed by atoms with Crippen LogP contribution in [-0.2, 0) is 19.6 Å². The van der Waals surface area contributed by atoms with Gasteiger partial charge in [0.1, 0.15) is 0 Å². The Morgan fingerprint density at radius 3 is 2.53 bits per heavy atom. The van der Waals surface area contributed by atoms with Crippen molar-refractivity contribution in [3.05, 3.63) is 0 Å². The summed E-state index contributed by atoms with van der Waals surface area (Å²) in [5.74, 6) is -5.99. The van der Waals surface area contributed by atoms with Crippen LogP contribution in [0.3, 0.4) is 0 Å². The second-order valence-corrected chi connectivity index (χ2v) is 4.69. The number of sulfonamides is 1. The van der Waals surface area contributed by atoms with Crippen molar-refractivity contribution in [2.24, 2.45) is 5.92 Å². The van der Waals surface area contributed by atoms with Crippen molar-refractivity contribution in [1.29, 1.82) is 0 Å². The highest BCUT2D eigenvalue weighted by Crippen LogP contribution is 2.16. The van der Waals surface area contributed by atoms with Crippen LogP contribution >= 0.6 is 0 Å². The summed E-state index contributed by atoms with van der Waals surface area (Å²) in [4.78, 5) is 10.6. The molecule has 0 spiro atoms. The van der Waals surface area contributed by atoms with Gasteiger partial charge in [-0.1, -0.05) is 0 Å². The number of alkyl halides is 2. The van der Waals surface area contributed by atoms with E-state index in [1.54, 1.807) is 4.72 Å². The molecule has 2 unspecified atom stereocenters.